The molecule has 1 amide bonds. The second-order valence-corrected chi connectivity index (χ2v) is 3.89. The van der Waals surface area contributed by atoms with Crippen LogP contribution in [0.5, 0.6) is 0 Å². The summed E-state index contributed by atoms with van der Waals surface area (Å²) in [7, 11) is 3.35. The molecule has 2 heterocycles. The van der Waals surface area contributed by atoms with Crippen LogP contribution in [0.25, 0.3) is 0 Å². The Balaban J connectivity index is 2.30. The standard InChI is InChI=1S/C11H12N6O/c1-7-4-9(16(2)15-7)11(18)14-10-8(5-12)6-13-17(10)3/h4,6H,1-3H3,(H,14,18). The fraction of sp³-hybridized carbons (Fsp3) is 0.273. The second kappa shape index (κ2) is 4.33. The number of hydrogen-bond donors (Lipinski definition) is 1. The van der Waals surface area contributed by atoms with Gasteiger partial charge in [-0.3, -0.25) is 14.2 Å². The summed E-state index contributed by atoms with van der Waals surface area (Å²) in [6.45, 7) is 1.81. The van der Waals surface area contributed by atoms with Gasteiger partial charge < -0.3 is 5.32 Å². The van der Waals surface area contributed by atoms with Gasteiger partial charge in [0.05, 0.1) is 11.9 Å². The van der Waals surface area contributed by atoms with E-state index in [1.807, 2.05) is 13.0 Å². The summed E-state index contributed by atoms with van der Waals surface area (Å²) in [4.78, 5) is 12.0. The third-order valence-corrected chi connectivity index (χ3v) is 2.53. The Morgan fingerprint density at radius 1 is 1.44 bits per heavy atom. The van der Waals surface area contributed by atoms with E-state index in [1.165, 1.54) is 15.6 Å². The van der Waals surface area contributed by atoms with E-state index in [4.69, 9.17) is 5.26 Å². The van der Waals surface area contributed by atoms with Crippen molar-refractivity contribution in [3.8, 4) is 6.07 Å². The first-order chi connectivity index (χ1) is 8.52. The van der Waals surface area contributed by atoms with Gasteiger partial charge in [-0.15, -0.1) is 0 Å². The molecule has 7 nitrogen and oxygen atoms in total. The van der Waals surface area contributed by atoms with Gasteiger partial charge in [0.2, 0.25) is 0 Å². The van der Waals surface area contributed by atoms with Crippen LogP contribution in [-0.4, -0.2) is 25.5 Å². The van der Waals surface area contributed by atoms with Crippen molar-refractivity contribution >= 4 is 11.7 Å². The van der Waals surface area contributed by atoms with E-state index in [2.05, 4.69) is 15.5 Å². The quantitative estimate of drug-likeness (QED) is 0.837. The van der Waals surface area contributed by atoms with Crippen LogP contribution in [-0.2, 0) is 14.1 Å². The van der Waals surface area contributed by atoms with Gasteiger partial charge in [-0.1, -0.05) is 0 Å². The summed E-state index contributed by atoms with van der Waals surface area (Å²) < 4.78 is 2.94. The van der Waals surface area contributed by atoms with E-state index in [0.717, 1.165) is 5.69 Å². The molecule has 0 unspecified atom stereocenters. The van der Waals surface area contributed by atoms with Gasteiger partial charge in [0.25, 0.3) is 5.91 Å². The molecule has 0 aliphatic heterocycles. The van der Waals surface area contributed by atoms with Gasteiger partial charge in [0.15, 0.2) is 0 Å². The molecule has 2 aromatic rings. The molecule has 92 valence electrons. The van der Waals surface area contributed by atoms with Crippen LogP contribution in [0.1, 0.15) is 21.7 Å². The lowest BCUT2D eigenvalue weighted by Crippen LogP contribution is -2.18. The Labute approximate surface area is 104 Å². The first kappa shape index (κ1) is 11.9. The molecule has 0 aromatic carbocycles. The number of hydrogen-bond acceptors (Lipinski definition) is 4. The zero-order valence-electron chi connectivity index (χ0n) is 10.3. The monoisotopic (exact) mass is 244 g/mol. The van der Waals surface area contributed by atoms with Gasteiger partial charge in [-0.25, -0.2) is 0 Å². The summed E-state index contributed by atoms with van der Waals surface area (Å²) in [5.41, 5.74) is 1.51. The Morgan fingerprint density at radius 2 is 2.17 bits per heavy atom. The molecule has 2 rings (SSSR count). The molecule has 0 saturated heterocycles. The Morgan fingerprint density at radius 3 is 2.72 bits per heavy atom. The molecule has 0 atom stereocenters. The van der Waals surface area contributed by atoms with Gasteiger partial charge in [-0.2, -0.15) is 15.5 Å². The molecule has 18 heavy (non-hydrogen) atoms. The van der Waals surface area contributed by atoms with Crippen molar-refractivity contribution in [2.24, 2.45) is 14.1 Å². The van der Waals surface area contributed by atoms with Crippen molar-refractivity contribution in [1.29, 1.82) is 5.26 Å². The van der Waals surface area contributed by atoms with Crippen LogP contribution >= 0.6 is 0 Å². The number of aromatic nitrogens is 4. The van der Waals surface area contributed by atoms with Gasteiger partial charge >= 0.3 is 0 Å². The van der Waals surface area contributed by atoms with Gasteiger partial charge in [0.1, 0.15) is 23.1 Å². The molecule has 0 fully saturated rings. The van der Waals surface area contributed by atoms with Crippen molar-refractivity contribution in [3.05, 3.63) is 29.2 Å². The van der Waals surface area contributed by atoms with Crippen LogP contribution < -0.4 is 5.32 Å². The summed E-state index contributed by atoms with van der Waals surface area (Å²) in [6, 6.07) is 3.65. The smallest absolute Gasteiger partial charge is 0.275 e. The molecule has 0 bridgehead atoms. The number of nitrogens with one attached hydrogen (secondary N) is 1. The second-order valence-electron chi connectivity index (χ2n) is 3.89. The molecule has 7 heteroatoms. The van der Waals surface area contributed by atoms with Crippen LogP contribution in [0.2, 0.25) is 0 Å². The number of aryl methyl sites for hydroxylation is 3. The largest absolute Gasteiger partial charge is 0.304 e. The lowest BCUT2D eigenvalue weighted by molar-refractivity contribution is 0.101. The van der Waals surface area contributed by atoms with Crippen molar-refractivity contribution in [1.82, 2.24) is 19.6 Å². The normalized spacial score (nSPS) is 10.1. The fourth-order valence-electron chi connectivity index (χ4n) is 1.66. The molecule has 2 aromatic heterocycles. The summed E-state index contributed by atoms with van der Waals surface area (Å²) in [5, 5.41) is 19.6. The highest BCUT2D eigenvalue weighted by Crippen LogP contribution is 2.14. The third kappa shape index (κ3) is 1.96. The number of anilines is 1. The van der Waals surface area contributed by atoms with E-state index in [-0.39, 0.29) is 5.91 Å². The van der Waals surface area contributed by atoms with Crippen molar-refractivity contribution in [2.75, 3.05) is 5.32 Å². The van der Waals surface area contributed by atoms with E-state index in [9.17, 15) is 4.79 Å². The lowest BCUT2D eigenvalue weighted by Gasteiger charge is -2.05. The van der Waals surface area contributed by atoms with E-state index in [1.54, 1.807) is 20.2 Å². The lowest BCUT2D eigenvalue weighted by atomic mass is 10.3. The van der Waals surface area contributed by atoms with Crippen molar-refractivity contribution < 1.29 is 4.79 Å². The van der Waals surface area contributed by atoms with Gasteiger partial charge in [-0.05, 0) is 13.0 Å². The highest BCUT2D eigenvalue weighted by atomic mass is 16.2. The minimum atomic E-state index is -0.321. The van der Waals surface area contributed by atoms with Crippen molar-refractivity contribution in [2.45, 2.75) is 6.92 Å². The maximum atomic E-state index is 12.0. The average Bonchev–Trinajstić information content (AvgIpc) is 2.83. The highest BCUT2D eigenvalue weighted by molar-refractivity contribution is 6.03. The summed E-state index contributed by atoms with van der Waals surface area (Å²) in [5.74, 6) is 0.0551. The molecule has 0 radical (unpaired) electrons. The first-order valence-electron chi connectivity index (χ1n) is 5.27. The van der Waals surface area contributed by atoms with Crippen LogP contribution in [0, 0.1) is 18.3 Å². The number of nitrogens with zero attached hydrogens (tertiary/aromatic N) is 5. The topological polar surface area (TPSA) is 88.5 Å². The molecule has 1 N–H and O–H groups in total. The molecular weight excluding hydrogens is 232 g/mol. The van der Waals surface area contributed by atoms with Crippen LogP contribution in [0.15, 0.2) is 12.3 Å². The van der Waals surface area contributed by atoms with E-state index >= 15 is 0 Å². The molecule has 0 spiro atoms. The first-order valence-corrected chi connectivity index (χ1v) is 5.27. The van der Waals surface area contributed by atoms with Crippen LogP contribution in [0.3, 0.4) is 0 Å². The molecular formula is C11H12N6O. The number of amides is 1. The minimum Gasteiger partial charge on any atom is -0.304 e. The fourth-order valence-corrected chi connectivity index (χ4v) is 1.66. The maximum absolute atomic E-state index is 12.0. The summed E-state index contributed by atoms with van der Waals surface area (Å²) in [6.07, 6.45) is 1.41. The predicted octanol–water partition coefficient (Wildman–Crippen LogP) is 0.586. The zero-order chi connectivity index (χ0) is 13.3. The minimum absolute atomic E-state index is 0.321. The molecule has 0 saturated carbocycles. The molecule has 0 aliphatic rings. The zero-order valence-corrected chi connectivity index (χ0v) is 10.3. The van der Waals surface area contributed by atoms with Crippen LogP contribution in [0.4, 0.5) is 5.82 Å². The number of carbonyl (C=O) groups is 1. The highest BCUT2D eigenvalue weighted by Gasteiger charge is 2.16. The number of carbonyl (C=O) groups excluding carboxylic acids is 1. The predicted molar refractivity (Wildman–Crippen MR) is 63.8 cm³/mol. The van der Waals surface area contributed by atoms with Gasteiger partial charge in [0, 0.05) is 14.1 Å². The van der Waals surface area contributed by atoms with Crippen molar-refractivity contribution in [3.63, 3.8) is 0 Å². The Bertz CT molecular complexity index is 645. The number of rotatable bonds is 2. The Kier molecular flexibility index (Phi) is 2.85. The third-order valence-electron chi connectivity index (χ3n) is 2.53. The van der Waals surface area contributed by atoms with E-state index in [0.29, 0.717) is 17.1 Å². The maximum Gasteiger partial charge on any atom is 0.275 e. The Hall–Kier alpha value is -2.62. The summed E-state index contributed by atoms with van der Waals surface area (Å²) >= 11 is 0. The number of nitriles is 1. The van der Waals surface area contributed by atoms with E-state index < -0.39 is 0 Å². The average molecular weight is 244 g/mol. The molecule has 0 aliphatic carbocycles. The SMILES string of the molecule is Cc1cc(C(=O)Nc2c(C#N)cnn2C)n(C)n1.